The van der Waals surface area contributed by atoms with E-state index in [2.05, 4.69) is 15.6 Å². The summed E-state index contributed by atoms with van der Waals surface area (Å²) in [5.74, 6) is 1.79. The van der Waals surface area contributed by atoms with Crippen LogP contribution < -0.4 is 20.1 Å². The van der Waals surface area contributed by atoms with E-state index < -0.39 is 6.04 Å². The van der Waals surface area contributed by atoms with Crippen molar-refractivity contribution in [2.45, 2.75) is 23.9 Å². The van der Waals surface area contributed by atoms with Gasteiger partial charge in [0, 0.05) is 22.2 Å². The Morgan fingerprint density at radius 3 is 2.64 bits per heavy atom. The lowest BCUT2D eigenvalue weighted by molar-refractivity contribution is -0.113. The van der Waals surface area contributed by atoms with E-state index in [0.29, 0.717) is 50.2 Å². The van der Waals surface area contributed by atoms with Gasteiger partial charge in [-0.1, -0.05) is 41.6 Å². The number of benzene rings is 3. The fraction of sp³-hybridized carbons (Fsp3) is 0.179. The Bertz CT molecular complexity index is 1550. The van der Waals surface area contributed by atoms with Crippen LogP contribution >= 0.6 is 23.4 Å². The Labute approximate surface area is 234 Å². The van der Waals surface area contributed by atoms with Gasteiger partial charge in [-0.05, 0) is 66.6 Å². The second kappa shape index (κ2) is 11.3. The van der Waals surface area contributed by atoms with Crippen LogP contribution in [0.4, 0.5) is 11.6 Å². The summed E-state index contributed by atoms with van der Waals surface area (Å²) in [6, 6.07) is 19.1. The number of phenolic OH excluding ortho intramolecular Hbond substituents is 1. The Kier molecular flexibility index (Phi) is 7.67. The fourth-order valence-electron chi connectivity index (χ4n) is 4.31. The van der Waals surface area contributed by atoms with Crippen molar-refractivity contribution in [1.29, 1.82) is 0 Å². The number of nitrogens with zero attached hydrogens (tertiary/aromatic N) is 3. The third-order valence-corrected chi connectivity index (χ3v) is 7.35. The number of nitrogens with one attached hydrogen (secondary N) is 2. The van der Waals surface area contributed by atoms with Gasteiger partial charge in [0.25, 0.3) is 5.91 Å². The molecule has 1 aromatic heterocycles. The Morgan fingerprint density at radius 1 is 1.13 bits per heavy atom. The smallest absolute Gasteiger partial charge is 0.255 e. The summed E-state index contributed by atoms with van der Waals surface area (Å²) in [5, 5.41) is 22.4. The molecule has 0 bridgehead atoms. The average Bonchev–Trinajstić information content (AvgIpc) is 3.34. The van der Waals surface area contributed by atoms with E-state index in [0.717, 1.165) is 5.56 Å². The molecule has 0 radical (unpaired) electrons. The zero-order chi connectivity index (χ0) is 27.5. The van der Waals surface area contributed by atoms with Gasteiger partial charge in [-0.15, -0.1) is 5.10 Å². The molecule has 5 rings (SSSR count). The van der Waals surface area contributed by atoms with Crippen LogP contribution in [0.1, 0.15) is 24.1 Å². The van der Waals surface area contributed by atoms with Gasteiger partial charge in [-0.25, -0.2) is 4.68 Å². The highest BCUT2D eigenvalue weighted by molar-refractivity contribution is 7.98. The number of allylic oxidation sites excluding steroid dienone is 1. The van der Waals surface area contributed by atoms with E-state index in [1.54, 1.807) is 48.2 Å². The van der Waals surface area contributed by atoms with E-state index in [-0.39, 0.29) is 17.4 Å². The molecule has 1 aliphatic heterocycles. The van der Waals surface area contributed by atoms with Gasteiger partial charge in [0.2, 0.25) is 11.1 Å². The molecule has 200 valence electrons. The number of carbonyl (C=O) groups is 1. The number of halogens is 1. The molecule has 0 spiro atoms. The summed E-state index contributed by atoms with van der Waals surface area (Å²) < 4.78 is 12.3. The average molecular weight is 564 g/mol. The van der Waals surface area contributed by atoms with Gasteiger partial charge in [-0.2, -0.15) is 4.98 Å². The molecule has 0 unspecified atom stereocenters. The number of ether oxygens (including phenoxy) is 2. The number of fused-ring (bicyclic) bond motifs is 1. The van der Waals surface area contributed by atoms with Crippen LogP contribution in [-0.2, 0) is 10.5 Å². The molecule has 11 heteroatoms. The highest BCUT2D eigenvalue weighted by Crippen LogP contribution is 2.39. The maximum atomic E-state index is 13.7. The monoisotopic (exact) mass is 563 g/mol. The van der Waals surface area contributed by atoms with Crippen molar-refractivity contribution in [3.05, 3.63) is 94.1 Å². The van der Waals surface area contributed by atoms with Crippen molar-refractivity contribution in [1.82, 2.24) is 14.8 Å². The second-order valence-corrected chi connectivity index (χ2v) is 10.1. The highest BCUT2D eigenvalue weighted by Gasteiger charge is 2.35. The van der Waals surface area contributed by atoms with E-state index in [1.807, 2.05) is 31.2 Å². The van der Waals surface area contributed by atoms with Crippen molar-refractivity contribution in [2.24, 2.45) is 0 Å². The maximum Gasteiger partial charge on any atom is 0.255 e. The first-order valence-corrected chi connectivity index (χ1v) is 13.4. The number of aromatic hydroxyl groups is 1. The van der Waals surface area contributed by atoms with Gasteiger partial charge in [0.1, 0.15) is 11.8 Å². The molecule has 3 aromatic carbocycles. The first-order chi connectivity index (χ1) is 18.9. The molecular weight excluding hydrogens is 538 g/mol. The van der Waals surface area contributed by atoms with Crippen molar-refractivity contribution in [3.8, 4) is 17.2 Å². The highest BCUT2D eigenvalue weighted by atomic mass is 35.5. The van der Waals surface area contributed by atoms with E-state index >= 15 is 0 Å². The minimum Gasteiger partial charge on any atom is -0.504 e. The quantitative estimate of drug-likeness (QED) is 0.228. The molecule has 39 heavy (non-hydrogen) atoms. The number of amides is 1. The third kappa shape index (κ3) is 5.67. The van der Waals surface area contributed by atoms with Gasteiger partial charge in [0.05, 0.1) is 19.8 Å². The van der Waals surface area contributed by atoms with Crippen molar-refractivity contribution >= 4 is 40.9 Å². The van der Waals surface area contributed by atoms with Gasteiger partial charge < -0.3 is 25.2 Å². The van der Waals surface area contributed by atoms with Crippen LogP contribution in [0.2, 0.25) is 5.02 Å². The molecule has 0 fully saturated rings. The normalized spacial score (nSPS) is 14.4. The van der Waals surface area contributed by atoms with E-state index in [4.69, 9.17) is 26.2 Å². The lowest BCUT2D eigenvalue weighted by Crippen LogP contribution is -2.31. The van der Waals surface area contributed by atoms with Crippen molar-refractivity contribution < 1.29 is 19.4 Å². The van der Waals surface area contributed by atoms with Crippen LogP contribution in [0.15, 0.2) is 83.2 Å². The number of carbonyl (C=O) groups excluding carboxylic acids is 1. The summed E-state index contributed by atoms with van der Waals surface area (Å²) in [4.78, 5) is 18.4. The van der Waals surface area contributed by atoms with Crippen molar-refractivity contribution in [3.63, 3.8) is 0 Å². The number of anilines is 2. The van der Waals surface area contributed by atoms with Gasteiger partial charge >= 0.3 is 0 Å². The Hall–Kier alpha value is -4.15. The second-order valence-electron chi connectivity index (χ2n) is 8.76. The van der Waals surface area contributed by atoms with Crippen molar-refractivity contribution in [2.75, 3.05) is 24.9 Å². The third-order valence-electron chi connectivity index (χ3n) is 6.20. The van der Waals surface area contributed by atoms with Crippen LogP contribution in [-0.4, -0.2) is 40.0 Å². The molecule has 3 N–H and O–H groups in total. The molecule has 1 atom stereocenters. The number of hydrogen-bond acceptors (Lipinski definition) is 8. The van der Waals surface area contributed by atoms with Crippen LogP contribution in [0.3, 0.4) is 0 Å². The zero-order valence-corrected chi connectivity index (χ0v) is 23.0. The number of aromatic nitrogens is 3. The van der Waals surface area contributed by atoms with Crippen LogP contribution in [0.5, 0.6) is 17.2 Å². The SMILES string of the molecule is COc1ccc(NC(=O)C2=C(C)Nc3nc(SCc4cccc(Cl)c4)nn3[C@@H]2c2ccc(O)c(OC)c2)cc1. The molecule has 1 aliphatic rings. The Morgan fingerprint density at radius 2 is 1.92 bits per heavy atom. The lowest BCUT2D eigenvalue weighted by atomic mass is 9.94. The van der Waals surface area contributed by atoms with E-state index in [9.17, 15) is 9.90 Å². The number of methoxy groups -OCH3 is 2. The molecule has 2 heterocycles. The molecule has 0 saturated carbocycles. The first-order valence-electron chi connectivity index (χ1n) is 12.0. The number of hydrogen-bond donors (Lipinski definition) is 3. The standard InChI is InChI=1S/C28H26ClN5O4S/c1-16-24(26(36)31-20-8-10-21(37-2)11-9-20)25(18-7-12-22(35)23(14-18)38-3)34-27(30-16)32-28(33-34)39-15-17-5-4-6-19(29)13-17/h4-14,25,35H,15H2,1-3H3,(H,31,36)(H,30,32,33)/t25-/m1/s1. The minimum absolute atomic E-state index is 0.00306. The minimum atomic E-state index is -0.637. The first kappa shape index (κ1) is 26.5. The van der Waals surface area contributed by atoms with Gasteiger partial charge in [-0.3, -0.25) is 4.79 Å². The molecular formula is C28H26ClN5O4S. The maximum absolute atomic E-state index is 13.7. The van der Waals surface area contributed by atoms with Crippen LogP contribution in [0, 0.1) is 0 Å². The Balaban J connectivity index is 1.50. The number of thioether (sulfide) groups is 1. The topological polar surface area (TPSA) is 111 Å². The van der Waals surface area contributed by atoms with Gasteiger partial charge in [0.15, 0.2) is 11.5 Å². The molecule has 1 amide bonds. The summed E-state index contributed by atoms with van der Waals surface area (Å²) >= 11 is 7.60. The largest absolute Gasteiger partial charge is 0.504 e. The zero-order valence-electron chi connectivity index (χ0n) is 21.4. The van der Waals surface area contributed by atoms with Crippen LogP contribution in [0.25, 0.3) is 0 Å². The summed E-state index contributed by atoms with van der Waals surface area (Å²) in [6.45, 7) is 1.82. The lowest BCUT2D eigenvalue weighted by Gasteiger charge is -2.29. The molecule has 0 aliphatic carbocycles. The molecule has 0 saturated heterocycles. The predicted molar refractivity (Wildman–Crippen MR) is 152 cm³/mol. The number of phenols is 1. The number of rotatable bonds is 8. The molecule has 4 aromatic rings. The molecule has 9 nitrogen and oxygen atoms in total. The van der Waals surface area contributed by atoms with E-state index in [1.165, 1.54) is 24.9 Å². The summed E-state index contributed by atoms with van der Waals surface area (Å²) in [5.41, 5.74) is 3.43. The fourth-order valence-corrected chi connectivity index (χ4v) is 5.29. The predicted octanol–water partition coefficient (Wildman–Crippen LogP) is 5.87. The summed E-state index contributed by atoms with van der Waals surface area (Å²) in [7, 11) is 3.06. The summed E-state index contributed by atoms with van der Waals surface area (Å²) in [6.07, 6.45) is 0.